The summed E-state index contributed by atoms with van der Waals surface area (Å²) in [5.74, 6) is -0.0307. The zero-order valence-electron chi connectivity index (χ0n) is 18.3. The third kappa shape index (κ3) is 7.04. The molecule has 1 fully saturated rings. The summed E-state index contributed by atoms with van der Waals surface area (Å²) in [5, 5.41) is 1.36. The number of morpholine rings is 1. The summed E-state index contributed by atoms with van der Waals surface area (Å²) in [6.45, 7) is 6.84. The summed E-state index contributed by atoms with van der Waals surface area (Å²) in [6.07, 6.45) is 0.850. The molecule has 0 bridgehead atoms. The van der Waals surface area contributed by atoms with Gasteiger partial charge in [0.25, 0.3) is 0 Å². The number of halogens is 3. The van der Waals surface area contributed by atoms with Crippen molar-refractivity contribution in [3.8, 4) is 0 Å². The number of aryl methyl sites for hydroxylation is 1. The Kier molecular flexibility index (Phi) is 9.79. The molecule has 3 aromatic rings. The van der Waals surface area contributed by atoms with Gasteiger partial charge in [-0.2, -0.15) is 0 Å². The Morgan fingerprint density at radius 3 is 2.73 bits per heavy atom. The highest BCUT2D eigenvalue weighted by atomic mass is 35.5. The number of thiazole rings is 1. The predicted molar refractivity (Wildman–Crippen MR) is 138 cm³/mol. The quantitative estimate of drug-likeness (QED) is 0.352. The second-order valence-corrected chi connectivity index (χ2v) is 10.2. The number of ether oxygens (including phenoxy) is 1. The van der Waals surface area contributed by atoms with Crippen LogP contribution in [0.4, 0.5) is 9.52 Å². The number of thioether (sulfide) groups is 1. The molecular weight excluding hydrogens is 504 g/mol. The fourth-order valence-electron chi connectivity index (χ4n) is 3.62. The number of amides is 1. The van der Waals surface area contributed by atoms with Crippen LogP contribution in [0.5, 0.6) is 0 Å². The Morgan fingerprint density at radius 2 is 2.00 bits per heavy atom. The van der Waals surface area contributed by atoms with Gasteiger partial charge in [0, 0.05) is 36.1 Å². The minimum Gasteiger partial charge on any atom is -0.379 e. The maximum Gasteiger partial charge on any atom is 0.239 e. The van der Waals surface area contributed by atoms with Crippen LogP contribution in [0.25, 0.3) is 10.2 Å². The first-order valence-corrected chi connectivity index (χ1v) is 12.7. The maximum atomic E-state index is 13.2. The van der Waals surface area contributed by atoms with Gasteiger partial charge >= 0.3 is 0 Å². The number of benzene rings is 2. The van der Waals surface area contributed by atoms with E-state index in [0.717, 1.165) is 59.9 Å². The van der Waals surface area contributed by atoms with Gasteiger partial charge in [-0.1, -0.05) is 22.9 Å². The van der Waals surface area contributed by atoms with Crippen molar-refractivity contribution in [1.82, 2.24) is 9.88 Å². The minimum absolute atomic E-state index is 0. The summed E-state index contributed by atoms with van der Waals surface area (Å²) in [7, 11) is 0. The van der Waals surface area contributed by atoms with Gasteiger partial charge in [0.15, 0.2) is 5.13 Å². The zero-order valence-corrected chi connectivity index (χ0v) is 21.5. The SMILES string of the molecule is Cc1cc(Cl)cc2sc(N(CCCN3CCOCC3)C(=O)CSc3ccc(F)cc3)nc12.Cl. The van der Waals surface area contributed by atoms with Crippen molar-refractivity contribution in [2.45, 2.75) is 18.2 Å². The monoisotopic (exact) mass is 529 g/mol. The fourth-order valence-corrected chi connectivity index (χ4v) is 5.85. The van der Waals surface area contributed by atoms with E-state index in [1.165, 1.54) is 35.2 Å². The largest absolute Gasteiger partial charge is 0.379 e. The Labute approximate surface area is 212 Å². The molecule has 1 amide bonds. The zero-order chi connectivity index (χ0) is 22.5. The van der Waals surface area contributed by atoms with E-state index in [-0.39, 0.29) is 29.9 Å². The number of rotatable bonds is 8. The highest BCUT2D eigenvalue weighted by Crippen LogP contribution is 2.33. The van der Waals surface area contributed by atoms with Crippen LogP contribution in [0, 0.1) is 12.7 Å². The molecule has 0 saturated carbocycles. The van der Waals surface area contributed by atoms with Gasteiger partial charge in [-0.3, -0.25) is 14.6 Å². The van der Waals surface area contributed by atoms with Crippen LogP contribution in [0.1, 0.15) is 12.0 Å². The Bertz CT molecular complexity index is 1080. The second kappa shape index (κ2) is 12.3. The number of anilines is 1. The van der Waals surface area contributed by atoms with Gasteiger partial charge in [-0.15, -0.1) is 24.2 Å². The smallest absolute Gasteiger partial charge is 0.239 e. The van der Waals surface area contributed by atoms with Crippen molar-refractivity contribution in [1.29, 1.82) is 0 Å². The van der Waals surface area contributed by atoms with Gasteiger partial charge in [0.1, 0.15) is 5.82 Å². The van der Waals surface area contributed by atoms with Crippen molar-refractivity contribution in [2.75, 3.05) is 50.0 Å². The van der Waals surface area contributed by atoms with E-state index < -0.39 is 0 Å². The van der Waals surface area contributed by atoms with Crippen LogP contribution in [-0.2, 0) is 9.53 Å². The van der Waals surface area contributed by atoms with Crippen molar-refractivity contribution in [3.05, 3.63) is 52.8 Å². The first-order valence-electron chi connectivity index (χ1n) is 10.5. The lowest BCUT2D eigenvalue weighted by molar-refractivity contribution is -0.116. The first-order chi connectivity index (χ1) is 15.5. The Morgan fingerprint density at radius 1 is 1.27 bits per heavy atom. The van der Waals surface area contributed by atoms with Crippen molar-refractivity contribution < 1.29 is 13.9 Å². The number of carbonyl (C=O) groups excluding carboxylic acids is 1. The van der Waals surface area contributed by atoms with Gasteiger partial charge in [-0.05, 0) is 55.3 Å². The maximum absolute atomic E-state index is 13.2. The summed E-state index contributed by atoms with van der Waals surface area (Å²) in [4.78, 5) is 23.0. The Hall–Kier alpha value is -1.42. The van der Waals surface area contributed by atoms with Crippen LogP contribution in [0.2, 0.25) is 5.02 Å². The molecular formula is C23H26Cl2FN3O2S2. The van der Waals surface area contributed by atoms with Gasteiger partial charge in [-0.25, -0.2) is 9.37 Å². The molecule has 0 unspecified atom stereocenters. The van der Waals surface area contributed by atoms with E-state index in [1.54, 1.807) is 17.0 Å². The molecule has 4 rings (SSSR count). The van der Waals surface area contributed by atoms with Crippen molar-refractivity contribution in [3.63, 3.8) is 0 Å². The molecule has 1 aliphatic heterocycles. The third-order valence-electron chi connectivity index (χ3n) is 5.31. The van der Waals surface area contributed by atoms with Crippen LogP contribution in [0.3, 0.4) is 0 Å². The van der Waals surface area contributed by atoms with Crippen LogP contribution < -0.4 is 4.90 Å². The average molecular weight is 531 g/mol. The lowest BCUT2D eigenvalue weighted by atomic mass is 10.2. The van der Waals surface area contributed by atoms with Crippen molar-refractivity contribution in [2.24, 2.45) is 0 Å². The average Bonchev–Trinajstić information content (AvgIpc) is 3.21. The standard InChI is InChI=1S/C23H25ClFN3O2S2.ClH/c1-16-13-17(24)14-20-22(16)26-23(32-20)28(8-2-7-27-9-11-30-12-10-27)21(29)15-31-19-5-3-18(25)4-6-19;/h3-6,13-14H,2,7-12,15H2,1H3;1H. The molecule has 0 N–H and O–H groups in total. The van der Waals surface area contributed by atoms with E-state index in [2.05, 4.69) is 4.90 Å². The molecule has 10 heteroatoms. The molecule has 1 aromatic heterocycles. The highest BCUT2D eigenvalue weighted by molar-refractivity contribution is 8.00. The molecule has 2 heterocycles. The number of fused-ring (bicyclic) bond motifs is 1. The fraction of sp³-hybridized carbons (Fsp3) is 0.391. The highest BCUT2D eigenvalue weighted by Gasteiger charge is 2.21. The van der Waals surface area contributed by atoms with Crippen LogP contribution in [-0.4, -0.2) is 60.9 Å². The van der Waals surface area contributed by atoms with Gasteiger partial charge < -0.3 is 4.74 Å². The summed E-state index contributed by atoms with van der Waals surface area (Å²) >= 11 is 9.12. The molecule has 33 heavy (non-hydrogen) atoms. The van der Waals surface area contributed by atoms with Crippen LogP contribution in [0.15, 0.2) is 41.3 Å². The molecule has 0 aliphatic carbocycles. The molecule has 0 radical (unpaired) electrons. The number of aromatic nitrogens is 1. The van der Waals surface area contributed by atoms with E-state index >= 15 is 0 Å². The molecule has 1 saturated heterocycles. The molecule has 2 aromatic carbocycles. The second-order valence-electron chi connectivity index (χ2n) is 7.66. The summed E-state index contributed by atoms with van der Waals surface area (Å²) < 4.78 is 19.6. The summed E-state index contributed by atoms with van der Waals surface area (Å²) in [6, 6.07) is 10.00. The van der Waals surface area contributed by atoms with E-state index in [0.29, 0.717) is 16.7 Å². The lowest BCUT2D eigenvalue weighted by Crippen LogP contribution is -2.39. The van der Waals surface area contributed by atoms with E-state index in [4.69, 9.17) is 21.3 Å². The predicted octanol–water partition coefficient (Wildman–Crippen LogP) is 5.67. The number of carbonyl (C=O) groups is 1. The van der Waals surface area contributed by atoms with Crippen LogP contribution >= 0.6 is 47.1 Å². The van der Waals surface area contributed by atoms with E-state index in [1.807, 2.05) is 19.1 Å². The molecule has 5 nitrogen and oxygen atoms in total. The molecule has 178 valence electrons. The van der Waals surface area contributed by atoms with Gasteiger partial charge in [0.2, 0.25) is 5.91 Å². The Balaban J connectivity index is 0.00000306. The van der Waals surface area contributed by atoms with Crippen molar-refractivity contribution >= 4 is 68.4 Å². The topological polar surface area (TPSA) is 45.7 Å². The molecule has 0 spiro atoms. The van der Waals surface area contributed by atoms with E-state index in [9.17, 15) is 9.18 Å². The number of nitrogens with zero attached hydrogens (tertiary/aromatic N) is 3. The number of hydrogen-bond donors (Lipinski definition) is 0. The molecule has 0 atom stereocenters. The first kappa shape index (κ1) is 26.2. The summed E-state index contributed by atoms with van der Waals surface area (Å²) in [5.41, 5.74) is 1.88. The molecule has 1 aliphatic rings. The normalized spacial score (nSPS) is 14.3. The van der Waals surface area contributed by atoms with Gasteiger partial charge in [0.05, 0.1) is 29.2 Å². The minimum atomic E-state index is -0.283. The number of hydrogen-bond acceptors (Lipinski definition) is 6. The lowest BCUT2D eigenvalue weighted by Gasteiger charge is -2.27. The third-order valence-corrected chi connectivity index (χ3v) is 7.55.